The Bertz CT molecular complexity index is 1420. The fraction of sp³-hybridized carbons (Fsp3) is 0.0938. The van der Waals surface area contributed by atoms with Gasteiger partial charge in [0.05, 0.1) is 7.11 Å². The third-order valence-electron chi connectivity index (χ3n) is 5.41. The Hall–Kier alpha value is -4.77. The van der Waals surface area contributed by atoms with Crippen molar-refractivity contribution in [1.82, 2.24) is 9.97 Å². The normalized spacial score (nSPS) is 9.81. The lowest BCUT2D eigenvalue weighted by Crippen LogP contribution is -1.92. The van der Waals surface area contributed by atoms with E-state index in [9.17, 15) is 0 Å². The zero-order valence-corrected chi connectivity index (χ0v) is 21.7. The summed E-state index contributed by atoms with van der Waals surface area (Å²) in [7, 11) is 1.68. The van der Waals surface area contributed by atoms with Gasteiger partial charge in [0.2, 0.25) is 0 Å². The molecule has 5 aromatic rings. The lowest BCUT2D eigenvalue weighted by atomic mass is 10.0. The van der Waals surface area contributed by atoms with Gasteiger partial charge in [-0.1, -0.05) is 49.6 Å². The Labute approximate surface area is 219 Å². The van der Waals surface area contributed by atoms with Crippen molar-refractivity contribution < 1.29 is 4.74 Å². The van der Waals surface area contributed by atoms with Crippen LogP contribution < -0.4 is 15.8 Å². The van der Waals surface area contributed by atoms with Gasteiger partial charge in [-0.15, -0.1) is 0 Å². The fourth-order valence-corrected chi connectivity index (χ4v) is 3.68. The fourth-order valence-electron chi connectivity index (χ4n) is 3.68. The molecule has 0 fully saturated rings. The second-order valence-corrected chi connectivity index (χ2v) is 8.40. The number of benzene rings is 3. The Morgan fingerprint density at radius 1 is 0.919 bits per heavy atom. The number of nitrogens with two attached hydrogens (primary N) is 1. The molecule has 5 nitrogen and oxygen atoms in total. The summed E-state index contributed by atoms with van der Waals surface area (Å²) in [5.41, 5.74) is 13.4. The highest BCUT2D eigenvalue weighted by atomic mass is 16.5. The van der Waals surface area contributed by atoms with Gasteiger partial charge in [-0.3, -0.25) is 4.98 Å². The summed E-state index contributed by atoms with van der Waals surface area (Å²) in [6.07, 6.45) is 3.04. The number of aromatic nitrogens is 2. The molecule has 2 heterocycles. The molecule has 2 aromatic heterocycles. The van der Waals surface area contributed by atoms with Crippen molar-refractivity contribution in [3.8, 4) is 28.1 Å². The van der Waals surface area contributed by atoms with Crippen LogP contribution in [0.15, 0.2) is 122 Å². The SMILES string of the molecule is C=C(C)Nc1ccc(-c2cc3cc(-c4ccc(OC)cc4)ccc3[nH]2)cc1.C=CN.Cc1ccccn1. The Morgan fingerprint density at radius 3 is 2.11 bits per heavy atom. The molecule has 37 heavy (non-hydrogen) atoms. The highest BCUT2D eigenvalue weighted by Gasteiger charge is 2.06. The van der Waals surface area contributed by atoms with Crippen LogP contribution >= 0.6 is 0 Å². The molecule has 188 valence electrons. The Morgan fingerprint density at radius 2 is 1.57 bits per heavy atom. The van der Waals surface area contributed by atoms with E-state index in [1.165, 1.54) is 22.7 Å². The highest BCUT2D eigenvalue weighted by Crippen LogP contribution is 2.30. The van der Waals surface area contributed by atoms with Crippen LogP contribution in [0, 0.1) is 6.92 Å². The van der Waals surface area contributed by atoms with E-state index < -0.39 is 0 Å². The largest absolute Gasteiger partial charge is 0.497 e. The van der Waals surface area contributed by atoms with Crippen molar-refractivity contribution in [1.29, 1.82) is 0 Å². The molecule has 0 aliphatic rings. The van der Waals surface area contributed by atoms with E-state index in [0.717, 1.165) is 39.6 Å². The van der Waals surface area contributed by atoms with Crippen LogP contribution in [-0.2, 0) is 0 Å². The quantitative estimate of drug-likeness (QED) is 0.234. The second-order valence-electron chi connectivity index (χ2n) is 8.40. The van der Waals surface area contributed by atoms with Gasteiger partial charge < -0.3 is 20.8 Å². The summed E-state index contributed by atoms with van der Waals surface area (Å²) in [6, 6.07) is 31.1. The third-order valence-corrected chi connectivity index (χ3v) is 5.41. The molecule has 4 N–H and O–H groups in total. The maximum Gasteiger partial charge on any atom is 0.118 e. The first-order chi connectivity index (χ1) is 17.9. The summed E-state index contributed by atoms with van der Waals surface area (Å²) in [5, 5.41) is 4.43. The summed E-state index contributed by atoms with van der Waals surface area (Å²) in [5.74, 6) is 0.869. The Kier molecular flexibility index (Phi) is 9.68. The van der Waals surface area contributed by atoms with Gasteiger partial charge in [0, 0.05) is 39.9 Å². The first kappa shape index (κ1) is 26.8. The zero-order chi connectivity index (χ0) is 26.6. The molecular formula is C32H34N4O. The molecule has 0 radical (unpaired) electrons. The van der Waals surface area contributed by atoms with Crippen molar-refractivity contribution in [2.75, 3.05) is 12.4 Å². The first-order valence-corrected chi connectivity index (χ1v) is 11.9. The molecule has 0 saturated heterocycles. The van der Waals surface area contributed by atoms with E-state index in [1.807, 2.05) is 44.2 Å². The number of methoxy groups -OCH3 is 1. The van der Waals surface area contributed by atoms with Gasteiger partial charge in [0.1, 0.15) is 5.75 Å². The highest BCUT2D eigenvalue weighted by molar-refractivity contribution is 5.89. The summed E-state index contributed by atoms with van der Waals surface area (Å²) < 4.78 is 5.24. The van der Waals surface area contributed by atoms with E-state index in [1.54, 1.807) is 13.3 Å². The number of ether oxygens (including phenoxy) is 1. The standard InChI is InChI=1S/C24H22N2O.C6H7N.C2H5N/c1-16(2)25-21-9-4-18(5-10-21)24-15-20-14-19(8-13-23(20)26-24)17-6-11-22(27-3)12-7-17;1-6-4-2-3-5-7-6;1-2-3/h4-15,25-26H,1H2,2-3H3;2-5H,1H3;2H,1,3H2. The Balaban J connectivity index is 0.000000321. The van der Waals surface area contributed by atoms with Crippen LogP contribution in [0.4, 0.5) is 5.69 Å². The summed E-state index contributed by atoms with van der Waals surface area (Å²) >= 11 is 0. The van der Waals surface area contributed by atoms with Crippen molar-refractivity contribution in [3.05, 3.63) is 128 Å². The number of allylic oxidation sites excluding steroid dienone is 1. The van der Waals surface area contributed by atoms with Gasteiger partial charge in [-0.25, -0.2) is 0 Å². The molecule has 0 bridgehead atoms. The number of rotatable bonds is 5. The minimum Gasteiger partial charge on any atom is -0.497 e. The zero-order valence-electron chi connectivity index (χ0n) is 21.7. The van der Waals surface area contributed by atoms with Gasteiger partial charge in [-0.2, -0.15) is 0 Å². The third kappa shape index (κ3) is 7.87. The van der Waals surface area contributed by atoms with Crippen LogP contribution in [0.5, 0.6) is 5.75 Å². The van der Waals surface area contributed by atoms with Crippen LogP contribution in [0.1, 0.15) is 12.6 Å². The molecule has 5 heteroatoms. The topological polar surface area (TPSA) is 76.0 Å². The van der Waals surface area contributed by atoms with Crippen LogP contribution in [-0.4, -0.2) is 17.1 Å². The summed E-state index contributed by atoms with van der Waals surface area (Å²) in [4.78, 5) is 7.49. The molecule has 0 spiro atoms. The lowest BCUT2D eigenvalue weighted by molar-refractivity contribution is 0.415. The number of nitrogens with one attached hydrogen (secondary N) is 2. The predicted molar refractivity (Wildman–Crippen MR) is 158 cm³/mol. The minimum atomic E-state index is 0.869. The molecule has 0 saturated carbocycles. The maximum atomic E-state index is 5.24. The number of fused-ring (bicyclic) bond motifs is 1. The van der Waals surface area contributed by atoms with Crippen LogP contribution in [0.25, 0.3) is 33.3 Å². The molecular weight excluding hydrogens is 456 g/mol. The lowest BCUT2D eigenvalue weighted by Gasteiger charge is -2.05. The molecule has 0 aliphatic heterocycles. The van der Waals surface area contributed by atoms with Gasteiger partial charge in [0.25, 0.3) is 0 Å². The number of pyridine rings is 1. The number of H-pyrrole nitrogens is 1. The van der Waals surface area contributed by atoms with E-state index in [0.29, 0.717) is 0 Å². The van der Waals surface area contributed by atoms with E-state index in [2.05, 4.69) is 94.8 Å². The van der Waals surface area contributed by atoms with Crippen molar-refractivity contribution in [3.63, 3.8) is 0 Å². The van der Waals surface area contributed by atoms with Crippen molar-refractivity contribution >= 4 is 16.6 Å². The van der Waals surface area contributed by atoms with Crippen LogP contribution in [0.3, 0.4) is 0 Å². The smallest absolute Gasteiger partial charge is 0.118 e. The van der Waals surface area contributed by atoms with Gasteiger partial charge >= 0.3 is 0 Å². The first-order valence-electron chi connectivity index (χ1n) is 11.9. The molecule has 5 rings (SSSR count). The number of nitrogens with zero attached hydrogens (tertiary/aromatic N) is 1. The minimum absolute atomic E-state index is 0.869. The van der Waals surface area contributed by atoms with Crippen molar-refractivity contribution in [2.45, 2.75) is 13.8 Å². The monoisotopic (exact) mass is 490 g/mol. The number of hydrogen-bond donors (Lipinski definition) is 3. The molecule has 0 atom stereocenters. The molecule has 0 unspecified atom stereocenters. The van der Waals surface area contributed by atoms with E-state index in [-0.39, 0.29) is 0 Å². The average Bonchev–Trinajstić information content (AvgIpc) is 3.34. The maximum absolute atomic E-state index is 5.24. The molecule has 0 aliphatic carbocycles. The predicted octanol–water partition coefficient (Wildman–Crippen LogP) is 7.93. The average molecular weight is 491 g/mol. The number of aryl methyl sites for hydroxylation is 1. The molecule has 0 amide bonds. The number of aromatic amines is 1. The second kappa shape index (κ2) is 13.4. The summed E-state index contributed by atoms with van der Waals surface area (Å²) in [6.45, 7) is 10.9. The van der Waals surface area contributed by atoms with Crippen LogP contribution in [0.2, 0.25) is 0 Å². The van der Waals surface area contributed by atoms with E-state index >= 15 is 0 Å². The van der Waals surface area contributed by atoms with Gasteiger partial charge in [-0.05, 0) is 91.3 Å². The number of anilines is 1. The van der Waals surface area contributed by atoms with E-state index in [4.69, 9.17) is 4.74 Å². The number of hydrogen-bond acceptors (Lipinski definition) is 4. The van der Waals surface area contributed by atoms with Gasteiger partial charge in [0.15, 0.2) is 0 Å². The molecule has 3 aromatic carbocycles. The van der Waals surface area contributed by atoms with Crippen molar-refractivity contribution in [2.24, 2.45) is 5.73 Å².